The first-order chi connectivity index (χ1) is 13.5. The van der Waals surface area contributed by atoms with E-state index in [-0.39, 0.29) is 30.0 Å². The molecule has 1 aliphatic rings. The van der Waals surface area contributed by atoms with Crippen LogP contribution in [0.1, 0.15) is 28.8 Å². The maximum absolute atomic E-state index is 12.4. The lowest BCUT2D eigenvalue weighted by Crippen LogP contribution is -2.47. The van der Waals surface area contributed by atoms with E-state index >= 15 is 0 Å². The number of aromatic nitrogens is 1. The molecular weight excluding hydrogens is 356 g/mol. The molecular formula is C21H26N4O3. The van der Waals surface area contributed by atoms with Crippen LogP contribution in [0.4, 0.5) is 0 Å². The summed E-state index contributed by atoms with van der Waals surface area (Å²) < 4.78 is 1.28. The molecule has 1 saturated heterocycles. The Morgan fingerprint density at radius 1 is 1.14 bits per heavy atom. The molecule has 1 unspecified atom stereocenters. The average molecular weight is 382 g/mol. The Hall–Kier alpha value is -2.93. The number of amides is 2. The molecule has 2 N–H and O–H groups in total. The molecule has 7 heteroatoms. The number of pyridine rings is 1. The Morgan fingerprint density at radius 2 is 1.93 bits per heavy atom. The first-order valence-electron chi connectivity index (χ1n) is 9.52. The van der Waals surface area contributed by atoms with Gasteiger partial charge in [-0.2, -0.15) is 0 Å². The zero-order valence-electron chi connectivity index (χ0n) is 16.1. The standard InChI is InChI=1S/C21H26N4O3/c1-24-11-5-8-18(14-24)23-19(26)15-25-13-17(9-10-20(25)27)21(28)22-12-16-6-3-2-4-7-16/h2-4,6-7,9-10,13,18H,5,8,11-12,14-15H2,1H3,(H,22,28)(H,23,26). The molecule has 0 aliphatic carbocycles. The second-order valence-corrected chi connectivity index (χ2v) is 7.22. The van der Waals surface area contributed by atoms with Crippen LogP contribution < -0.4 is 16.2 Å². The number of carbonyl (C=O) groups excluding carboxylic acids is 2. The van der Waals surface area contributed by atoms with Gasteiger partial charge in [0.1, 0.15) is 6.54 Å². The zero-order chi connectivity index (χ0) is 19.9. The predicted molar refractivity (Wildman–Crippen MR) is 107 cm³/mol. The number of hydrogen-bond acceptors (Lipinski definition) is 4. The number of benzene rings is 1. The van der Waals surface area contributed by atoms with Gasteiger partial charge in [0.05, 0.1) is 5.56 Å². The third-order valence-corrected chi connectivity index (χ3v) is 4.85. The number of rotatable bonds is 6. The Kier molecular flexibility index (Phi) is 6.60. The van der Waals surface area contributed by atoms with E-state index < -0.39 is 0 Å². The summed E-state index contributed by atoms with van der Waals surface area (Å²) >= 11 is 0. The summed E-state index contributed by atoms with van der Waals surface area (Å²) in [5.74, 6) is -0.504. The molecule has 2 heterocycles. The van der Waals surface area contributed by atoms with Gasteiger partial charge in [-0.1, -0.05) is 30.3 Å². The number of nitrogens with one attached hydrogen (secondary N) is 2. The molecule has 1 atom stereocenters. The van der Waals surface area contributed by atoms with Crippen molar-refractivity contribution < 1.29 is 9.59 Å². The van der Waals surface area contributed by atoms with Crippen molar-refractivity contribution in [1.29, 1.82) is 0 Å². The van der Waals surface area contributed by atoms with Crippen LogP contribution in [0.2, 0.25) is 0 Å². The van der Waals surface area contributed by atoms with Crippen LogP contribution in [-0.2, 0) is 17.9 Å². The molecule has 7 nitrogen and oxygen atoms in total. The van der Waals surface area contributed by atoms with Gasteiger partial charge in [-0.3, -0.25) is 14.4 Å². The molecule has 2 amide bonds. The van der Waals surface area contributed by atoms with E-state index in [0.717, 1.165) is 31.5 Å². The monoisotopic (exact) mass is 382 g/mol. The molecule has 1 aromatic carbocycles. The third-order valence-electron chi connectivity index (χ3n) is 4.85. The highest BCUT2D eigenvalue weighted by Crippen LogP contribution is 2.08. The van der Waals surface area contributed by atoms with Crippen molar-refractivity contribution >= 4 is 11.8 Å². The SMILES string of the molecule is CN1CCCC(NC(=O)Cn2cc(C(=O)NCc3ccccc3)ccc2=O)C1. The normalized spacial score (nSPS) is 17.1. The highest BCUT2D eigenvalue weighted by atomic mass is 16.2. The van der Waals surface area contributed by atoms with Gasteiger partial charge in [-0.25, -0.2) is 0 Å². The molecule has 148 valence electrons. The summed E-state index contributed by atoms with van der Waals surface area (Å²) in [5.41, 5.74) is 1.03. The van der Waals surface area contributed by atoms with Crippen LogP contribution >= 0.6 is 0 Å². The largest absolute Gasteiger partial charge is 0.351 e. The third kappa shape index (κ3) is 5.53. The summed E-state index contributed by atoms with van der Waals surface area (Å²) in [5, 5.41) is 5.80. The number of likely N-dealkylation sites (tertiary alicyclic amines) is 1. The van der Waals surface area contributed by atoms with Gasteiger partial charge in [0, 0.05) is 31.4 Å². The van der Waals surface area contributed by atoms with Crippen LogP contribution in [0, 0.1) is 0 Å². The lowest BCUT2D eigenvalue weighted by molar-refractivity contribution is -0.122. The van der Waals surface area contributed by atoms with Gasteiger partial charge < -0.3 is 20.1 Å². The maximum Gasteiger partial charge on any atom is 0.253 e. The molecule has 3 rings (SSSR count). The minimum atomic E-state index is -0.310. The molecule has 2 aromatic rings. The highest BCUT2D eigenvalue weighted by molar-refractivity contribution is 5.93. The average Bonchev–Trinajstić information content (AvgIpc) is 2.68. The molecule has 1 aliphatic heterocycles. The van der Waals surface area contributed by atoms with Crippen molar-refractivity contribution in [2.45, 2.75) is 32.0 Å². The first-order valence-corrected chi connectivity index (χ1v) is 9.52. The van der Waals surface area contributed by atoms with E-state index in [9.17, 15) is 14.4 Å². The minimum absolute atomic E-state index is 0.0966. The van der Waals surface area contributed by atoms with Crippen molar-refractivity contribution in [1.82, 2.24) is 20.1 Å². The van der Waals surface area contributed by atoms with Crippen molar-refractivity contribution in [2.24, 2.45) is 0 Å². The van der Waals surface area contributed by atoms with Crippen molar-refractivity contribution in [3.05, 3.63) is 70.1 Å². The van der Waals surface area contributed by atoms with Crippen molar-refractivity contribution in [3.8, 4) is 0 Å². The van der Waals surface area contributed by atoms with Gasteiger partial charge >= 0.3 is 0 Å². The number of carbonyl (C=O) groups is 2. The van der Waals surface area contributed by atoms with Crippen LogP contribution in [0.15, 0.2) is 53.5 Å². The van der Waals surface area contributed by atoms with Gasteiger partial charge in [-0.05, 0) is 38.1 Å². The fraction of sp³-hybridized carbons (Fsp3) is 0.381. The van der Waals surface area contributed by atoms with Crippen molar-refractivity contribution in [3.63, 3.8) is 0 Å². The predicted octanol–water partition coefficient (Wildman–Crippen LogP) is 0.989. The molecule has 0 bridgehead atoms. The van der Waals surface area contributed by atoms with Crippen molar-refractivity contribution in [2.75, 3.05) is 20.1 Å². The summed E-state index contributed by atoms with van der Waals surface area (Å²) in [4.78, 5) is 39.0. The van der Waals surface area contributed by atoms with E-state index in [1.807, 2.05) is 37.4 Å². The van der Waals surface area contributed by atoms with Gasteiger partial charge in [0.2, 0.25) is 5.91 Å². The lowest BCUT2D eigenvalue weighted by atomic mass is 10.1. The fourth-order valence-corrected chi connectivity index (χ4v) is 3.38. The fourth-order valence-electron chi connectivity index (χ4n) is 3.38. The molecule has 1 aromatic heterocycles. The molecule has 0 radical (unpaired) electrons. The van der Waals surface area contributed by atoms with Crippen LogP contribution in [0.3, 0.4) is 0 Å². The maximum atomic E-state index is 12.4. The topological polar surface area (TPSA) is 83.4 Å². The van der Waals surface area contributed by atoms with Crippen LogP contribution in [-0.4, -0.2) is 47.5 Å². The molecule has 0 saturated carbocycles. The second kappa shape index (κ2) is 9.32. The number of nitrogens with zero attached hydrogens (tertiary/aromatic N) is 2. The molecule has 28 heavy (non-hydrogen) atoms. The number of likely N-dealkylation sites (N-methyl/N-ethyl adjacent to an activating group) is 1. The Bertz CT molecular complexity index is 879. The van der Waals surface area contributed by atoms with E-state index in [2.05, 4.69) is 15.5 Å². The Morgan fingerprint density at radius 3 is 2.68 bits per heavy atom. The van der Waals surface area contributed by atoms with E-state index in [1.54, 1.807) is 0 Å². The van der Waals surface area contributed by atoms with E-state index in [4.69, 9.17) is 0 Å². The summed E-state index contributed by atoms with van der Waals surface area (Å²) in [7, 11) is 2.03. The zero-order valence-corrected chi connectivity index (χ0v) is 16.1. The van der Waals surface area contributed by atoms with Crippen LogP contribution in [0.25, 0.3) is 0 Å². The van der Waals surface area contributed by atoms with E-state index in [1.165, 1.54) is 22.9 Å². The quantitative estimate of drug-likeness (QED) is 0.780. The smallest absolute Gasteiger partial charge is 0.253 e. The lowest BCUT2D eigenvalue weighted by Gasteiger charge is -2.30. The summed E-state index contributed by atoms with van der Waals surface area (Å²) in [6.45, 7) is 2.14. The van der Waals surface area contributed by atoms with Gasteiger partial charge in [-0.15, -0.1) is 0 Å². The van der Waals surface area contributed by atoms with Gasteiger partial charge in [0.25, 0.3) is 11.5 Å². The number of hydrogen-bond donors (Lipinski definition) is 2. The molecule has 1 fully saturated rings. The second-order valence-electron chi connectivity index (χ2n) is 7.22. The summed E-state index contributed by atoms with van der Waals surface area (Å²) in [6.07, 6.45) is 3.42. The number of piperidine rings is 1. The van der Waals surface area contributed by atoms with Gasteiger partial charge in [0.15, 0.2) is 0 Å². The van der Waals surface area contributed by atoms with Crippen LogP contribution in [0.5, 0.6) is 0 Å². The minimum Gasteiger partial charge on any atom is -0.351 e. The van der Waals surface area contributed by atoms with E-state index in [0.29, 0.717) is 12.1 Å². The molecule has 0 spiro atoms. The Balaban J connectivity index is 1.60. The first kappa shape index (κ1) is 19.8. The summed E-state index contributed by atoms with van der Waals surface area (Å²) in [6, 6.07) is 12.5. The highest BCUT2D eigenvalue weighted by Gasteiger charge is 2.19. The Labute approximate surface area is 164 Å².